The minimum absolute atomic E-state index is 0.304. The van der Waals surface area contributed by atoms with Crippen molar-refractivity contribution in [1.29, 1.82) is 0 Å². The van der Waals surface area contributed by atoms with Gasteiger partial charge in [-0.25, -0.2) is 0 Å². The number of hydrogen-bond acceptors (Lipinski definition) is 1. The van der Waals surface area contributed by atoms with Crippen LogP contribution in [0.25, 0.3) is 5.70 Å². The maximum Gasteiger partial charge on any atom is 0.0439 e. The van der Waals surface area contributed by atoms with E-state index in [0.717, 1.165) is 35.5 Å². The first-order valence-corrected chi connectivity index (χ1v) is 14.5. The fraction of sp³-hybridized carbons (Fsp3) is 0.697. The number of allylic oxidation sites excluding steroid dienone is 3. The average Bonchev–Trinajstić information content (AvgIpc) is 3.17. The summed E-state index contributed by atoms with van der Waals surface area (Å²) >= 11 is 0. The summed E-state index contributed by atoms with van der Waals surface area (Å²) in [5.74, 6) is 5.36. The van der Waals surface area contributed by atoms with Gasteiger partial charge in [0.2, 0.25) is 0 Å². The van der Waals surface area contributed by atoms with Gasteiger partial charge in [-0.3, -0.25) is 0 Å². The minimum atomic E-state index is 0.304. The molecule has 0 bridgehead atoms. The second-order valence-corrected chi connectivity index (χ2v) is 13.4. The Morgan fingerprint density at radius 3 is 2.44 bits per heavy atom. The highest BCUT2D eigenvalue weighted by Gasteiger charge is 2.59. The van der Waals surface area contributed by atoms with E-state index in [4.69, 9.17) is 0 Å². The summed E-state index contributed by atoms with van der Waals surface area (Å²) in [4.78, 5) is 2.54. The predicted octanol–water partition coefficient (Wildman–Crippen LogP) is 9.18. The molecule has 4 aliphatic rings. The molecule has 0 spiro atoms. The zero-order valence-electron chi connectivity index (χ0n) is 22.8. The highest BCUT2D eigenvalue weighted by Crippen LogP contribution is 2.67. The fourth-order valence-electron chi connectivity index (χ4n) is 9.37. The minimum Gasteiger partial charge on any atom is -0.348 e. The topological polar surface area (TPSA) is 3.24 Å². The third kappa shape index (κ3) is 3.90. The van der Waals surface area contributed by atoms with Crippen molar-refractivity contribution in [2.24, 2.45) is 46.3 Å². The van der Waals surface area contributed by atoms with Crippen LogP contribution in [0, 0.1) is 46.3 Å². The highest BCUT2D eigenvalue weighted by atomic mass is 15.1. The van der Waals surface area contributed by atoms with Gasteiger partial charge in [-0.2, -0.15) is 0 Å². The molecule has 34 heavy (non-hydrogen) atoms. The van der Waals surface area contributed by atoms with Crippen molar-refractivity contribution in [3.63, 3.8) is 0 Å². The first-order valence-electron chi connectivity index (χ1n) is 14.5. The van der Waals surface area contributed by atoms with Gasteiger partial charge < -0.3 is 4.90 Å². The number of benzene rings is 1. The second-order valence-electron chi connectivity index (χ2n) is 13.4. The Bertz CT molecular complexity index is 925. The lowest BCUT2D eigenvalue weighted by Crippen LogP contribution is -2.51. The van der Waals surface area contributed by atoms with Crippen LogP contribution in [0.15, 0.2) is 48.2 Å². The Balaban J connectivity index is 1.35. The first-order chi connectivity index (χ1) is 16.3. The van der Waals surface area contributed by atoms with Crippen LogP contribution < -0.4 is 0 Å². The zero-order chi connectivity index (χ0) is 24.1. The maximum absolute atomic E-state index is 2.71. The van der Waals surface area contributed by atoms with Gasteiger partial charge in [0, 0.05) is 23.9 Å². The molecule has 186 valence electrons. The monoisotopic (exact) mass is 459 g/mol. The molecule has 1 nitrogen and oxygen atoms in total. The summed E-state index contributed by atoms with van der Waals surface area (Å²) in [6, 6.07) is 11.0. The zero-order valence-corrected chi connectivity index (χ0v) is 22.8. The van der Waals surface area contributed by atoms with Crippen LogP contribution in [0.1, 0.15) is 98.0 Å². The van der Waals surface area contributed by atoms with Crippen LogP contribution in [0.5, 0.6) is 0 Å². The summed E-state index contributed by atoms with van der Waals surface area (Å²) in [5, 5.41) is 0. The summed E-state index contributed by atoms with van der Waals surface area (Å²) in [7, 11) is 2.32. The van der Waals surface area contributed by atoms with E-state index < -0.39 is 0 Å². The largest absolute Gasteiger partial charge is 0.348 e. The molecule has 0 amide bonds. The van der Waals surface area contributed by atoms with Crippen LogP contribution in [-0.4, -0.2) is 11.9 Å². The molecule has 2 fully saturated rings. The van der Waals surface area contributed by atoms with Crippen molar-refractivity contribution in [1.82, 2.24) is 4.90 Å². The Kier molecular flexibility index (Phi) is 6.54. The molecule has 1 aliphatic heterocycles. The smallest absolute Gasteiger partial charge is 0.0439 e. The molecule has 0 radical (unpaired) electrons. The van der Waals surface area contributed by atoms with Crippen molar-refractivity contribution in [3.8, 4) is 0 Å². The van der Waals surface area contributed by atoms with Crippen LogP contribution in [0.3, 0.4) is 0 Å². The van der Waals surface area contributed by atoms with Gasteiger partial charge in [0.05, 0.1) is 0 Å². The third-order valence-corrected chi connectivity index (χ3v) is 11.1. The van der Waals surface area contributed by atoms with Gasteiger partial charge in [0.15, 0.2) is 0 Å². The van der Waals surface area contributed by atoms with Crippen LogP contribution in [-0.2, 0) is 0 Å². The van der Waals surface area contributed by atoms with E-state index in [0.29, 0.717) is 10.8 Å². The first kappa shape index (κ1) is 24.2. The molecule has 1 aromatic rings. The van der Waals surface area contributed by atoms with Crippen molar-refractivity contribution < 1.29 is 0 Å². The SMILES string of the molecule is CC(C)CCCC(C)[C@H]1CCC2C3CC=C4N(C)C(c5ccccc5)=CC[C@]4(C)C3CC[C@@]21C. The predicted molar refractivity (Wildman–Crippen MR) is 146 cm³/mol. The number of nitrogens with zero attached hydrogens (tertiary/aromatic N) is 1. The lowest BCUT2D eigenvalue weighted by molar-refractivity contribution is -0.0492. The van der Waals surface area contributed by atoms with Crippen molar-refractivity contribution in [2.45, 2.75) is 92.4 Å². The molecule has 4 unspecified atom stereocenters. The van der Waals surface area contributed by atoms with E-state index in [-0.39, 0.29) is 0 Å². The molecule has 1 aromatic carbocycles. The van der Waals surface area contributed by atoms with E-state index in [1.807, 2.05) is 0 Å². The molecule has 5 rings (SSSR count). The van der Waals surface area contributed by atoms with E-state index in [9.17, 15) is 0 Å². The fourth-order valence-corrected chi connectivity index (χ4v) is 9.37. The summed E-state index contributed by atoms with van der Waals surface area (Å²) in [5.41, 5.74) is 5.25. The van der Waals surface area contributed by atoms with Gasteiger partial charge >= 0.3 is 0 Å². The van der Waals surface area contributed by atoms with Gasteiger partial charge in [-0.05, 0) is 85.0 Å². The van der Waals surface area contributed by atoms with E-state index in [1.165, 1.54) is 69.0 Å². The Morgan fingerprint density at radius 2 is 1.71 bits per heavy atom. The van der Waals surface area contributed by atoms with E-state index >= 15 is 0 Å². The number of fused-ring (bicyclic) bond motifs is 5. The Morgan fingerprint density at radius 1 is 0.941 bits per heavy atom. The molecule has 0 aromatic heterocycles. The molecule has 1 heterocycles. The Labute approximate surface area is 210 Å². The average molecular weight is 460 g/mol. The summed E-state index contributed by atoms with van der Waals surface area (Å²) in [6.45, 7) is 12.7. The quantitative estimate of drug-likeness (QED) is 0.410. The standard InChI is InChI=1S/C33H49N/c1-23(2)11-10-12-24(3)27-16-17-28-26-15-18-31-33(5,29(26)19-21-32(27,28)4)22-20-30(34(31)6)25-13-8-7-9-14-25/h7-9,13-14,18,20,23-24,26-29H,10-12,15-17,19,21-22H2,1-6H3/t24?,26?,27-,28?,29?,32-,33-/m1/s1. The van der Waals surface area contributed by atoms with Crippen LogP contribution in [0.4, 0.5) is 0 Å². The molecule has 0 N–H and O–H groups in total. The molecular weight excluding hydrogens is 410 g/mol. The molecule has 0 saturated heterocycles. The number of hydrogen-bond donors (Lipinski definition) is 0. The summed E-state index contributed by atoms with van der Waals surface area (Å²) in [6.07, 6.45) is 17.9. The van der Waals surface area contributed by atoms with Gasteiger partial charge in [0.1, 0.15) is 0 Å². The van der Waals surface area contributed by atoms with Gasteiger partial charge in [0.25, 0.3) is 0 Å². The van der Waals surface area contributed by atoms with E-state index in [1.54, 1.807) is 5.70 Å². The second kappa shape index (κ2) is 9.18. The Hall–Kier alpha value is -1.50. The molecular formula is C33H49N. The lowest BCUT2D eigenvalue weighted by atomic mass is 9.48. The van der Waals surface area contributed by atoms with Gasteiger partial charge in [-0.1, -0.05) is 96.4 Å². The maximum atomic E-state index is 2.71. The molecule has 7 atom stereocenters. The number of rotatable bonds is 6. The summed E-state index contributed by atoms with van der Waals surface area (Å²) < 4.78 is 0. The highest BCUT2D eigenvalue weighted by molar-refractivity contribution is 5.67. The van der Waals surface area contributed by atoms with E-state index in [2.05, 4.69) is 89.1 Å². The normalized spacial score (nSPS) is 38.0. The third-order valence-electron chi connectivity index (χ3n) is 11.1. The van der Waals surface area contributed by atoms with Crippen molar-refractivity contribution in [3.05, 3.63) is 53.7 Å². The van der Waals surface area contributed by atoms with Crippen molar-refractivity contribution >= 4 is 5.70 Å². The van der Waals surface area contributed by atoms with Crippen LogP contribution >= 0.6 is 0 Å². The molecule has 3 aliphatic carbocycles. The molecule has 1 heteroatoms. The van der Waals surface area contributed by atoms with Crippen LogP contribution in [0.2, 0.25) is 0 Å². The lowest BCUT2D eigenvalue weighted by Gasteiger charge is -2.59. The van der Waals surface area contributed by atoms with Gasteiger partial charge in [-0.15, -0.1) is 0 Å². The van der Waals surface area contributed by atoms with Crippen molar-refractivity contribution in [2.75, 3.05) is 7.05 Å². The molecule has 2 saturated carbocycles.